The predicted octanol–water partition coefficient (Wildman–Crippen LogP) is 3.63. The van der Waals surface area contributed by atoms with E-state index in [4.69, 9.17) is 5.73 Å². The molecule has 8 nitrogen and oxygen atoms in total. The van der Waals surface area contributed by atoms with Gasteiger partial charge in [-0.3, -0.25) is 14.6 Å². The van der Waals surface area contributed by atoms with Gasteiger partial charge in [-0.2, -0.15) is 0 Å². The van der Waals surface area contributed by atoms with Gasteiger partial charge in [0.05, 0.1) is 11.9 Å². The molecule has 3 aromatic rings. The van der Waals surface area contributed by atoms with Crippen molar-refractivity contribution in [1.82, 2.24) is 20.6 Å². The third kappa shape index (κ3) is 6.01. The number of nitrogens with one attached hydrogen (secondary N) is 2. The lowest BCUT2D eigenvalue weighted by atomic mass is 10.0. The number of allylic oxidation sites excluding steroid dienone is 2. The molecule has 2 aromatic carbocycles. The molecule has 0 unspecified atom stereocenters. The Kier molecular flexibility index (Phi) is 8.02. The van der Waals surface area contributed by atoms with E-state index in [-0.39, 0.29) is 17.4 Å². The summed E-state index contributed by atoms with van der Waals surface area (Å²) in [6.45, 7) is 6.25. The Morgan fingerprint density at radius 3 is 2.65 bits per heavy atom. The topological polar surface area (TPSA) is 122 Å². The van der Waals surface area contributed by atoms with Crippen molar-refractivity contribution in [2.75, 3.05) is 12.8 Å². The van der Waals surface area contributed by atoms with Gasteiger partial charge in [0.2, 0.25) is 0 Å². The second-order valence-electron chi connectivity index (χ2n) is 7.28. The van der Waals surface area contributed by atoms with Crippen LogP contribution in [0.25, 0.3) is 16.8 Å². The summed E-state index contributed by atoms with van der Waals surface area (Å²) in [5, 5.41) is 5.42. The van der Waals surface area contributed by atoms with Crippen LogP contribution in [-0.4, -0.2) is 35.0 Å². The van der Waals surface area contributed by atoms with Crippen molar-refractivity contribution in [3.8, 4) is 11.3 Å². The second kappa shape index (κ2) is 11.3. The van der Waals surface area contributed by atoms with Crippen molar-refractivity contribution < 1.29 is 9.59 Å². The summed E-state index contributed by atoms with van der Waals surface area (Å²) in [5.74, 6) is -0.632. The largest absolute Gasteiger partial charge is 0.382 e. The monoisotopic (exact) mass is 454 g/mol. The molecule has 0 atom stereocenters. The standard InChI is InChI=1S/C26H26N6O2/c1-4-29-12-11-17(2)19-8-5-7-18(13-19)15-31-25(33)21-10-6-9-20(14-21)22-16-30-24(27)23(32-22)26(34)28-3/h4-14,16H,2,15H2,1,3H3,(H2,27,30)(H,28,34)(H,31,33)/b12-11-,29-4?. The van der Waals surface area contributed by atoms with Crippen LogP contribution in [0.2, 0.25) is 0 Å². The van der Waals surface area contributed by atoms with Crippen LogP contribution in [0.15, 0.2) is 78.6 Å². The highest BCUT2D eigenvalue weighted by Crippen LogP contribution is 2.20. The SMILES string of the molecule is C=C(/C=C\N=CC)c1cccc(CNC(=O)c2cccc(-c3cnc(N)c(C(=O)NC)n3)c2)c1. The normalized spacial score (nSPS) is 11.0. The van der Waals surface area contributed by atoms with Gasteiger partial charge >= 0.3 is 0 Å². The van der Waals surface area contributed by atoms with Crippen LogP contribution < -0.4 is 16.4 Å². The molecule has 0 aliphatic heterocycles. The number of benzene rings is 2. The lowest BCUT2D eigenvalue weighted by Crippen LogP contribution is -2.23. The Morgan fingerprint density at radius 2 is 1.88 bits per heavy atom. The van der Waals surface area contributed by atoms with Gasteiger partial charge in [0, 0.05) is 37.1 Å². The average Bonchev–Trinajstić information content (AvgIpc) is 2.87. The van der Waals surface area contributed by atoms with E-state index in [1.165, 1.54) is 13.2 Å². The number of nitrogens with two attached hydrogens (primary N) is 1. The van der Waals surface area contributed by atoms with Crippen LogP contribution >= 0.6 is 0 Å². The van der Waals surface area contributed by atoms with Crippen LogP contribution in [0.1, 0.15) is 38.9 Å². The first-order chi connectivity index (χ1) is 16.4. The third-order valence-electron chi connectivity index (χ3n) is 4.93. The summed E-state index contributed by atoms with van der Waals surface area (Å²) >= 11 is 0. The quantitative estimate of drug-likeness (QED) is 0.354. The van der Waals surface area contributed by atoms with E-state index in [1.807, 2.05) is 37.3 Å². The third-order valence-corrected chi connectivity index (χ3v) is 4.93. The van der Waals surface area contributed by atoms with Crippen molar-refractivity contribution >= 4 is 29.4 Å². The molecule has 1 aromatic heterocycles. The zero-order valence-corrected chi connectivity index (χ0v) is 19.1. The molecule has 0 fully saturated rings. The smallest absolute Gasteiger partial charge is 0.273 e. The number of carbonyl (C=O) groups is 2. The summed E-state index contributed by atoms with van der Waals surface area (Å²) < 4.78 is 0. The van der Waals surface area contributed by atoms with E-state index >= 15 is 0 Å². The molecule has 0 saturated heterocycles. The Bertz CT molecular complexity index is 1280. The van der Waals surface area contributed by atoms with Gasteiger partial charge in [-0.05, 0) is 47.9 Å². The second-order valence-corrected chi connectivity index (χ2v) is 7.28. The van der Waals surface area contributed by atoms with Crippen LogP contribution in [0, 0.1) is 0 Å². The van der Waals surface area contributed by atoms with E-state index in [0.717, 1.165) is 16.7 Å². The maximum absolute atomic E-state index is 12.8. The van der Waals surface area contributed by atoms with Gasteiger partial charge < -0.3 is 16.4 Å². The van der Waals surface area contributed by atoms with E-state index in [9.17, 15) is 9.59 Å². The molecule has 2 amide bonds. The van der Waals surface area contributed by atoms with Gasteiger partial charge in [-0.15, -0.1) is 0 Å². The molecule has 34 heavy (non-hydrogen) atoms. The molecule has 0 aliphatic carbocycles. The van der Waals surface area contributed by atoms with Gasteiger partial charge in [-0.1, -0.05) is 36.9 Å². The molecule has 3 rings (SSSR count). The molecule has 0 aliphatic rings. The van der Waals surface area contributed by atoms with Gasteiger partial charge in [-0.25, -0.2) is 9.97 Å². The number of anilines is 1. The minimum Gasteiger partial charge on any atom is -0.382 e. The van der Waals surface area contributed by atoms with E-state index in [2.05, 4.69) is 32.2 Å². The van der Waals surface area contributed by atoms with Crippen LogP contribution in [0.4, 0.5) is 5.82 Å². The first kappa shape index (κ1) is 24.1. The van der Waals surface area contributed by atoms with Crippen LogP contribution in [-0.2, 0) is 6.54 Å². The molecule has 1 heterocycles. The number of hydrogen-bond acceptors (Lipinski definition) is 6. The number of aliphatic imine (C=N–C) groups is 1. The lowest BCUT2D eigenvalue weighted by molar-refractivity contribution is 0.0945. The van der Waals surface area contributed by atoms with Crippen LogP contribution in [0.3, 0.4) is 0 Å². The van der Waals surface area contributed by atoms with Crippen molar-refractivity contribution in [3.63, 3.8) is 0 Å². The Labute approximate surface area is 198 Å². The summed E-state index contributed by atoms with van der Waals surface area (Å²) in [6, 6.07) is 14.7. The van der Waals surface area contributed by atoms with Crippen molar-refractivity contribution in [2.24, 2.45) is 4.99 Å². The molecule has 0 radical (unpaired) electrons. The summed E-state index contributed by atoms with van der Waals surface area (Å²) in [5.41, 5.74) is 10.1. The molecule has 4 N–H and O–H groups in total. The molecule has 8 heteroatoms. The highest BCUT2D eigenvalue weighted by molar-refractivity contribution is 5.97. The number of amides is 2. The van der Waals surface area contributed by atoms with Crippen LogP contribution in [0.5, 0.6) is 0 Å². The lowest BCUT2D eigenvalue weighted by Gasteiger charge is -2.09. The number of hydrogen-bond donors (Lipinski definition) is 3. The zero-order chi connectivity index (χ0) is 24.5. The Morgan fingerprint density at radius 1 is 1.12 bits per heavy atom. The predicted molar refractivity (Wildman–Crippen MR) is 135 cm³/mol. The number of nitrogen functional groups attached to an aromatic ring is 1. The zero-order valence-electron chi connectivity index (χ0n) is 19.1. The average molecular weight is 455 g/mol. The number of rotatable bonds is 8. The fourth-order valence-corrected chi connectivity index (χ4v) is 3.12. The van der Waals surface area contributed by atoms with Gasteiger partial charge in [0.15, 0.2) is 11.5 Å². The van der Waals surface area contributed by atoms with E-state index < -0.39 is 5.91 Å². The molecule has 0 saturated carbocycles. The molecular formula is C26H26N6O2. The highest BCUT2D eigenvalue weighted by atomic mass is 16.2. The minimum absolute atomic E-state index is 0.0349. The number of carbonyl (C=O) groups excluding carboxylic acids is 2. The van der Waals surface area contributed by atoms with Crippen molar-refractivity contribution in [1.29, 1.82) is 0 Å². The fourth-order valence-electron chi connectivity index (χ4n) is 3.12. The maximum atomic E-state index is 12.8. The Hall–Kier alpha value is -4.59. The summed E-state index contributed by atoms with van der Waals surface area (Å²) in [4.78, 5) is 37.2. The molecular weight excluding hydrogens is 428 g/mol. The molecule has 172 valence electrons. The molecule has 0 spiro atoms. The van der Waals surface area contributed by atoms with Gasteiger partial charge in [0.25, 0.3) is 11.8 Å². The van der Waals surface area contributed by atoms with Crippen molar-refractivity contribution in [2.45, 2.75) is 13.5 Å². The fraction of sp³-hybridized carbons (Fsp3) is 0.115. The number of aromatic nitrogens is 2. The van der Waals surface area contributed by atoms with Gasteiger partial charge in [0.1, 0.15) is 0 Å². The van der Waals surface area contributed by atoms with E-state index in [0.29, 0.717) is 23.4 Å². The van der Waals surface area contributed by atoms with Crippen molar-refractivity contribution in [3.05, 3.63) is 96.0 Å². The minimum atomic E-state index is -0.431. The summed E-state index contributed by atoms with van der Waals surface area (Å²) in [6.07, 6.45) is 6.69. The Balaban J connectivity index is 1.73. The maximum Gasteiger partial charge on any atom is 0.273 e. The first-order valence-corrected chi connectivity index (χ1v) is 10.6. The number of nitrogens with zero attached hydrogens (tertiary/aromatic N) is 3. The summed E-state index contributed by atoms with van der Waals surface area (Å²) in [7, 11) is 1.49. The highest BCUT2D eigenvalue weighted by Gasteiger charge is 2.14. The molecule has 0 bridgehead atoms. The van der Waals surface area contributed by atoms with E-state index in [1.54, 1.807) is 36.7 Å². The first-order valence-electron chi connectivity index (χ1n) is 10.6.